The topological polar surface area (TPSA) is 287 Å². The molecule has 8 rings (SSSR count). The van der Waals surface area contributed by atoms with E-state index in [0.29, 0.717) is 35.1 Å². The molecule has 2 aliphatic carbocycles. The van der Waals surface area contributed by atoms with Gasteiger partial charge in [-0.1, -0.05) is 49.1 Å². The van der Waals surface area contributed by atoms with E-state index < -0.39 is 83.2 Å². The second-order valence-electron chi connectivity index (χ2n) is 16.5. The number of phenolic OH excluding ortho intramolecular Hbond substituents is 3. The number of carbonyl (C=O) groups excluding carboxylic acids is 1. The van der Waals surface area contributed by atoms with E-state index in [9.17, 15) is 60.7 Å². The van der Waals surface area contributed by atoms with Crippen molar-refractivity contribution >= 4 is 23.6 Å². The van der Waals surface area contributed by atoms with E-state index in [4.69, 9.17) is 9.47 Å². The van der Waals surface area contributed by atoms with Gasteiger partial charge >= 0.3 is 11.9 Å². The molecule has 2 aliphatic heterocycles. The number of H-pyrrole nitrogens is 1. The summed E-state index contributed by atoms with van der Waals surface area (Å²) in [5, 5.41) is 109. The van der Waals surface area contributed by atoms with Crippen LogP contribution in [-0.2, 0) is 26.2 Å². The molecular weight excluding hydrogens is 807 g/mol. The molecule has 0 radical (unpaired) electrons. The third-order valence-corrected chi connectivity index (χ3v) is 13.1. The number of aromatic amines is 1. The van der Waals surface area contributed by atoms with Gasteiger partial charge in [-0.25, -0.2) is 9.78 Å². The second-order valence-corrected chi connectivity index (χ2v) is 16.5. The normalized spacial score (nSPS) is 29.0. The summed E-state index contributed by atoms with van der Waals surface area (Å²) in [6.45, 7) is -1.28. The van der Waals surface area contributed by atoms with Crippen LogP contribution in [0.1, 0.15) is 72.4 Å². The molecule has 3 heterocycles. The Morgan fingerprint density at radius 1 is 0.935 bits per heavy atom. The molecule has 62 heavy (non-hydrogen) atoms. The number of aliphatic hydroxyl groups excluding tert-OH is 5. The fraction of sp³-hybridized carbons (Fsp3) is 0.400. The van der Waals surface area contributed by atoms with Crippen molar-refractivity contribution in [2.24, 2.45) is 5.92 Å². The van der Waals surface area contributed by atoms with Crippen molar-refractivity contribution < 1.29 is 70.1 Å². The summed E-state index contributed by atoms with van der Waals surface area (Å²) < 4.78 is 10.9. The molecule has 8 atom stereocenters. The summed E-state index contributed by atoms with van der Waals surface area (Å²) in [4.78, 5) is 37.2. The Hall–Kier alpha value is -5.79. The highest BCUT2D eigenvalue weighted by atomic mass is 16.8. The number of nitrogens with one attached hydrogen (secondary N) is 1. The zero-order valence-electron chi connectivity index (χ0n) is 33.4. The number of aliphatic carboxylic acids is 1. The van der Waals surface area contributed by atoms with Gasteiger partial charge in [-0.2, -0.15) is 0 Å². The minimum Gasteiger partial charge on any atom is -0.508 e. The number of amides is 1. The highest BCUT2D eigenvalue weighted by Crippen LogP contribution is 2.67. The summed E-state index contributed by atoms with van der Waals surface area (Å²) in [6.07, 6.45) is 2.96. The van der Waals surface area contributed by atoms with Crippen LogP contribution in [0, 0.1) is 5.92 Å². The van der Waals surface area contributed by atoms with Gasteiger partial charge in [0.1, 0.15) is 29.8 Å². The van der Waals surface area contributed by atoms with Crippen LogP contribution in [0.15, 0.2) is 84.8 Å². The first-order valence-corrected chi connectivity index (χ1v) is 20.5. The number of imidazole rings is 1. The van der Waals surface area contributed by atoms with Gasteiger partial charge in [0.05, 0.1) is 18.6 Å². The number of carbonyl (C=O) groups is 2. The Morgan fingerprint density at radius 2 is 1.69 bits per heavy atom. The summed E-state index contributed by atoms with van der Waals surface area (Å²) >= 11 is 0. The molecule has 328 valence electrons. The van der Waals surface area contributed by atoms with Crippen LogP contribution in [0.4, 0.5) is 5.69 Å². The van der Waals surface area contributed by atoms with Crippen LogP contribution in [0.25, 0.3) is 6.08 Å². The van der Waals surface area contributed by atoms with Gasteiger partial charge in [0, 0.05) is 59.5 Å². The summed E-state index contributed by atoms with van der Waals surface area (Å²) in [5.74, 6) is -8.69. The van der Waals surface area contributed by atoms with Crippen LogP contribution in [0.2, 0.25) is 0 Å². The van der Waals surface area contributed by atoms with Crippen LogP contribution in [-0.4, -0.2) is 122 Å². The van der Waals surface area contributed by atoms with Gasteiger partial charge in [-0.15, -0.1) is 0 Å². The summed E-state index contributed by atoms with van der Waals surface area (Å²) in [7, 11) is 0. The van der Waals surface area contributed by atoms with Crippen molar-refractivity contribution in [1.29, 1.82) is 0 Å². The van der Waals surface area contributed by atoms with Gasteiger partial charge in [-0.05, 0) is 72.7 Å². The average Bonchev–Trinajstić information content (AvgIpc) is 3.96. The number of carboxylic acids is 1. The molecule has 17 heteroatoms. The first-order valence-electron chi connectivity index (χ1n) is 20.5. The average molecular weight is 856 g/mol. The van der Waals surface area contributed by atoms with E-state index in [1.165, 1.54) is 30.6 Å². The zero-order valence-corrected chi connectivity index (χ0v) is 33.4. The number of nitrogens with zero attached hydrogens (tertiary/aromatic N) is 2. The number of fused-ring (bicyclic) bond motifs is 3. The molecule has 11 N–H and O–H groups in total. The minimum absolute atomic E-state index is 0.000163. The zero-order chi connectivity index (χ0) is 44.1. The summed E-state index contributed by atoms with van der Waals surface area (Å²) in [6, 6.07) is 13.8. The SMILES string of the molecule is O=C(/C=C/c1ccc(O)c(Cc2cnc[nH]2)c1)N1c2cc(O[C@]3(O)O[C@H](CO)[C@@H](O)[C@H](O)[C@H]3O)c(O)cc2[C@H]2[C@H](C3(c4ccccc4O)CCCCC3)C(CCO)=C[C@]21C(=O)O. The van der Waals surface area contributed by atoms with Crippen molar-refractivity contribution in [2.45, 2.75) is 92.2 Å². The number of hydrogen-bond donors (Lipinski definition) is 11. The quantitative estimate of drug-likeness (QED) is 0.0555. The van der Waals surface area contributed by atoms with E-state index in [0.717, 1.165) is 42.0 Å². The molecule has 2 fully saturated rings. The maximum Gasteiger partial charge on any atom is 0.355 e. The Bertz CT molecular complexity index is 2390. The molecule has 0 unspecified atom stereocenters. The Labute approximate surface area is 355 Å². The van der Waals surface area contributed by atoms with Gasteiger partial charge in [0.15, 0.2) is 23.1 Å². The Morgan fingerprint density at radius 3 is 2.37 bits per heavy atom. The number of phenols is 3. The number of aliphatic hydroxyl groups is 6. The van der Waals surface area contributed by atoms with Gasteiger partial charge in [-0.3, -0.25) is 9.69 Å². The predicted molar refractivity (Wildman–Crippen MR) is 219 cm³/mol. The van der Waals surface area contributed by atoms with E-state index in [-0.39, 0.29) is 42.2 Å². The van der Waals surface area contributed by atoms with Gasteiger partial charge < -0.3 is 65.5 Å². The van der Waals surface area contributed by atoms with Gasteiger partial charge in [0.2, 0.25) is 0 Å². The van der Waals surface area contributed by atoms with E-state index in [1.807, 2.05) is 0 Å². The molecule has 1 saturated heterocycles. The maximum atomic E-state index is 14.9. The van der Waals surface area contributed by atoms with Crippen molar-refractivity contribution in [3.8, 4) is 23.0 Å². The predicted octanol–water partition coefficient (Wildman–Crippen LogP) is 2.42. The number of carboxylic acid groups (broad SMARTS) is 1. The lowest BCUT2D eigenvalue weighted by Crippen LogP contribution is -2.67. The van der Waals surface area contributed by atoms with Crippen LogP contribution in [0.5, 0.6) is 23.0 Å². The third-order valence-electron chi connectivity index (χ3n) is 13.1. The van der Waals surface area contributed by atoms with Crippen molar-refractivity contribution in [3.05, 3.63) is 113 Å². The van der Waals surface area contributed by atoms with E-state index in [1.54, 1.807) is 42.6 Å². The molecule has 1 aromatic heterocycles. The molecule has 3 aromatic carbocycles. The number of rotatable bonds is 12. The standard InChI is InChI=1S/C45H49N3O14/c49-15-12-25-20-44(42(58)59)38(37(25)43(13-4-1-5-14-43)29-6-2-3-7-32(29)52)28-18-33(53)34(61-45(60)41(57)40(56)39(55)35(22-50)62-45)19-30(28)48(44)36(54)11-9-24-8-10-31(51)26(16-24)17-27-21-46-23-47-27/h2-3,6-11,16,18-21,23,35,37-41,49-53,55-57,60H,1,4-5,12-15,17,22H2,(H,46,47)(H,58,59)/b11-9+/t35-,37-,38+,39-,40+,41-,44-,45+/m1/s1. The first kappa shape index (κ1) is 42.9. The molecule has 4 aromatic rings. The number of aromatic nitrogens is 2. The van der Waals surface area contributed by atoms with Crippen molar-refractivity contribution in [3.63, 3.8) is 0 Å². The molecule has 0 spiro atoms. The molecule has 4 aliphatic rings. The fourth-order valence-electron chi connectivity index (χ4n) is 10.3. The van der Waals surface area contributed by atoms with E-state index in [2.05, 4.69) is 9.97 Å². The largest absolute Gasteiger partial charge is 0.508 e. The summed E-state index contributed by atoms with van der Waals surface area (Å²) in [5.41, 5.74) is -0.192. The first-order chi connectivity index (χ1) is 29.7. The number of benzene rings is 3. The molecule has 17 nitrogen and oxygen atoms in total. The van der Waals surface area contributed by atoms with Crippen molar-refractivity contribution in [2.75, 3.05) is 18.1 Å². The van der Waals surface area contributed by atoms with Crippen LogP contribution >= 0.6 is 0 Å². The van der Waals surface area contributed by atoms with Crippen molar-refractivity contribution in [1.82, 2.24) is 9.97 Å². The monoisotopic (exact) mass is 855 g/mol. The van der Waals surface area contributed by atoms with Gasteiger partial charge in [0.25, 0.3) is 5.91 Å². The van der Waals surface area contributed by atoms with Crippen LogP contribution in [0.3, 0.4) is 0 Å². The maximum absolute atomic E-state index is 14.9. The smallest absolute Gasteiger partial charge is 0.355 e. The Balaban J connectivity index is 1.30. The molecule has 0 bridgehead atoms. The molecule has 1 saturated carbocycles. The lowest BCUT2D eigenvalue weighted by molar-refractivity contribution is -0.422. The fourth-order valence-corrected chi connectivity index (χ4v) is 10.3. The number of anilines is 1. The lowest BCUT2D eigenvalue weighted by atomic mass is 9.56. The number of aromatic hydroxyl groups is 3. The van der Waals surface area contributed by atoms with Crippen LogP contribution < -0.4 is 9.64 Å². The number of para-hydroxylation sites is 1. The minimum atomic E-state index is -3.17. The highest BCUT2D eigenvalue weighted by Gasteiger charge is 2.68. The van der Waals surface area contributed by atoms with E-state index >= 15 is 0 Å². The molecular formula is C45H49N3O14. The third kappa shape index (κ3) is 6.99. The number of ether oxygens (including phenoxy) is 2. The molecule has 1 amide bonds. The lowest BCUT2D eigenvalue weighted by Gasteiger charge is -2.47. The number of hydrogen-bond acceptors (Lipinski definition) is 14. The Kier molecular flexibility index (Phi) is 11.4. The highest BCUT2D eigenvalue weighted by molar-refractivity contribution is 6.13. The second kappa shape index (κ2) is 16.5.